The number of aliphatic hydroxyl groups is 3. The molecule has 0 aliphatic heterocycles. The second-order valence-electron chi connectivity index (χ2n) is 3.69. The van der Waals surface area contributed by atoms with Crippen LogP contribution in [0.15, 0.2) is 0 Å². The summed E-state index contributed by atoms with van der Waals surface area (Å²) in [6.07, 6.45) is -0.842. The zero-order valence-electron chi connectivity index (χ0n) is 7.51. The highest BCUT2D eigenvalue weighted by atomic mass is 16.3. The van der Waals surface area contributed by atoms with Crippen molar-refractivity contribution in [1.29, 1.82) is 0 Å². The van der Waals surface area contributed by atoms with E-state index in [4.69, 9.17) is 5.11 Å². The molecule has 3 N–H and O–H groups in total. The Bertz CT molecular complexity index is 151. The molecule has 1 aliphatic rings. The number of hydrogen-bond acceptors (Lipinski definition) is 4. The molecule has 1 rings (SSSR count). The lowest BCUT2D eigenvalue weighted by Crippen LogP contribution is -2.39. The van der Waals surface area contributed by atoms with Gasteiger partial charge in [-0.25, -0.2) is 0 Å². The van der Waals surface area contributed by atoms with E-state index in [9.17, 15) is 10.2 Å². The van der Waals surface area contributed by atoms with Gasteiger partial charge < -0.3 is 20.2 Å². The Hall–Kier alpha value is -0.160. The van der Waals surface area contributed by atoms with E-state index in [0.29, 0.717) is 6.42 Å². The van der Waals surface area contributed by atoms with E-state index in [2.05, 4.69) is 0 Å². The lowest BCUT2D eigenvalue weighted by molar-refractivity contribution is -0.0111. The minimum absolute atomic E-state index is 0.0304. The number of hydrogen-bond donors (Lipinski definition) is 3. The van der Waals surface area contributed by atoms with Crippen molar-refractivity contribution < 1.29 is 15.3 Å². The molecule has 4 heteroatoms. The fraction of sp³-hybridized carbons (Fsp3) is 1.00. The SMILES string of the molecule is CN(C)C1CC(CO)C(O)C1O. The highest BCUT2D eigenvalue weighted by Gasteiger charge is 2.41. The van der Waals surface area contributed by atoms with Crippen molar-refractivity contribution in [3.63, 3.8) is 0 Å². The van der Waals surface area contributed by atoms with Crippen molar-refractivity contribution in [3.8, 4) is 0 Å². The second kappa shape index (κ2) is 3.70. The van der Waals surface area contributed by atoms with Crippen LogP contribution < -0.4 is 0 Å². The summed E-state index contributed by atoms with van der Waals surface area (Å²) < 4.78 is 0. The third-order valence-electron chi connectivity index (χ3n) is 2.67. The van der Waals surface area contributed by atoms with E-state index in [-0.39, 0.29) is 18.6 Å². The van der Waals surface area contributed by atoms with Crippen LogP contribution in [0.2, 0.25) is 0 Å². The van der Waals surface area contributed by atoms with Crippen molar-refractivity contribution in [2.24, 2.45) is 5.92 Å². The standard InChI is InChI=1S/C8H17NO3/c1-9(2)6-3-5(4-10)7(11)8(6)12/h5-8,10-12H,3-4H2,1-2H3. The Morgan fingerprint density at radius 3 is 2.08 bits per heavy atom. The number of rotatable bonds is 2. The topological polar surface area (TPSA) is 63.9 Å². The van der Waals surface area contributed by atoms with Gasteiger partial charge in [-0.3, -0.25) is 0 Å². The van der Waals surface area contributed by atoms with E-state index in [1.54, 1.807) is 0 Å². The first-order valence-corrected chi connectivity index (χ1v) is 4.21. The van der Waals surface area contributed by atoms with Gasteiger partial charge in [-0.05, 0) is 20.5 Å². The number of likely N-dealkylation sites (N-methyl/N-ethyl adjacent to an activating group) is 1. The molecule has 12 heavy (non-hydrogen) atoms. The van der Waals surface area contributed by atoms with Crippen LogP contribution in [0.3, 0.4) is 0 Å². The molecule has 0 saturated heterocycles. The van der Waals surface area contributed by atoms with Gasteiger partial charge in [0.2, 0.25) is 0 Å². The molecule has 4 atom stereocenters. The zero-order valence-corrected chi connectivity index (χ0v) is 7.51. The maximum Gasteiger partial charge on any atom is 0.0957 e. The van der Waals surface area contributed by atoms with E-state index < -0.39 is 12.2 Å². The molecule has 4 unspecified atom stereocenters. The van der Waals surface area contributed by atoms with Crippen LogP contribution in [-0.2, 0) is 0 Å². The summed E-state index contributed by atoms with van der Waals surface area (Å²) >= 11 is 0. The summed E-state index contributed by atoms with van der Waals surface area (Å²) in [5, 5.41) is 27.8. The molecule has 0 heterocycles. The van der Waals surface area contributed by atoms with Crippen LogP contribution in [0.1, 0.15) is 6.42 Å². The lowest BCUT2D eigenvalue weighted by atomic mass is 10.1. The average Bonchev–Trinajstić information content (AvgIpc) is 2.30. The average molecular weight is 175 g/mol. The first kappa shape index (κ1) is 9.92. The fourth-order valence-corrected chi connectivity index (χ4v) is 1.79. The van der Waals surface area contributed by atoms with Crippen molar-refractivity contribution in [2.45, 2.75) is 24.7 Å². The maximum absolute atomic E-state index is 9.53. The fourth-order valence-electron chi connectivity index (χ4n) is 1.79. The van der Waals surface area contributed by atoms with Gasteiger partial charge in [-0.2, -0.15) is 0 Å². The third-order valence-corrected chi connectivity index (χ3v) is 2.67. The Morgan fingerprint density at radius 2 is 1.83 bits per heavy atom. The molecule has 0 aromatic rings. The Balaban J connectivity index is 2.60. The first-order valence-electron chi connectivity index (χ1n) is 4.21. The van der Waals surface area contributed by atoms with Gasteiger partial charge in [0.05, 0.1) is 12.2 Å². The zero-order chi connectivity index (χ0) is 9.30. The van der Waals surface area contributed by atoms with Crippen LogP contribution in [-0.4, -0.2) is 59.2 Å². The molecule has 4 nitrogen and oxygen atoms in total. The van der Waals surface area contributed by atoms with Gasteiger partial charge in [0, 0.05) is 18.6 Å². The second-order valence-corrected chi connectivity index (χ2v) is 3.69. The summed E-state index contributed by atoms with van der Waals surface area (Å²) in [4.78, 5) is 1.88. The first-order chi connectivity index (χ1) is 5.57. The van der Waals surface area contributed by atoms with E-state index in [1.807, 2.05) is 19.0 Å². The quantitative estimate of drug-likeness (QED) is 0.485. The molecule has 0 aromatic heterocycles. The van der Waals surface area contributed by atoms with Gasteiger partial charge in [-0.1, -0.05) is 0 Å². The van der Waals surface area contributed by atoms with Gasteiger partial charge in [0.25, 0.3) is 0 Å². The Kier molecular flexibility index (Phi) is 3.06. The molecule has 72 valence electrons. The molecular formula is C8H17NO3. The molecular weight excluding hydrogens is 158 g/mol. The minimum atomic E-state index is -0.776. The van der Waals surface area contributed by atoms with Crippen LogP contribution in [0.4, 0.5) is 0 Å². The molecule has 1 aliphatic carbocycles. The Morgan fingerprint density at radius 1 is 1.25 bits per heavy atom. The van der Waals surface area contributed by atoms with E-state index in [0.717, 1.165) is 0 Å². The monoisotopic (exact) mass is 175 g/mol. The molecule has 0 amide bonds. The maximum atomic E-state index is 9.53. The van der Waals surface area contributed by atoms with Crippen LogP contribution in [0.5, 0.6) is 0 Å². The third kappa shape index (κ3) is 1.61. The number of nitrogens with zero attached hydrogens (tertiary/aromatic N) is 1. The van der Waals surface area contributed by atoms with Crippen molar-refractivity contribution in [1.82, 2.24) is 4.90 Å². The highest BCUT2D eigenvalue weighted by Crippen LogP contribution is 2.28. The van der Waals surface area contributed by atoms with Gasteiger partial charge in [0.1, 0.15) is 0 Å². The molecule has 1 saturated carbocycles. The van der Waals surface area contributed by atoms with Crippen LogP contribution >= 0.6 is 0 Å². The number of aliphatic hydroxyl groups excluding tert-OH is 3. The molecule has 1 fully saturated rings. The predicted octanol–water partition coefficient (Wildman–Crippen LogP) is -1.35. The smallest absolute Gasteiger partial charge is 0.0957 e. The van der Waals surface area contributed by atoms with E-state index in [1.165, 1.54) is 0 Å². The lowest BCUT2D eigenvalue weighted by Gasteiger charge is -2.22. The summed E-state index contributed by atoms with van der Waals surface area (Å²) in [5.41, 5.74) is 0. The van der Waals surface area contributed by atoms with Gasteiger partial charge >= 0.3 is 0 Å². The van der Waals surface area contributed by atoms with Crippen molar-refractivity contribution >= 4 is 0 Å². The van der Waals surface area contributed by atoms with Crippen molar-refractivity contribution in [3.05, 3.63) is 0 Å². The predicted molar refractivity (Wildman–Crippen MR) is 44.7 cm³/mol. The molecule has 0 radical (unpaired) electrons. The molecule has 0 aromatic carbocycles. The molecule has 0 spiro atoms. The molecule has 0 bridgehead atoms. The van der Waals surface area contributed by atoms with Gasteiger partial charge in [0.15, 0.2) is 0 Å². The summed E-state index contributed by atoms with van der Waals surface area (Å²) in [7, 11) is 3.72. The summed E-state index contributed by atoms with van der Waals surface area (Å²) in [5.74, 6) is -0.174. The normalized spacial score (nSPS) is 42.5. The van der Waals surface area contributed by atoms with E-state index >= 15 is 0 Å². The summed E-state index contributed by atoms with van der Waals surface area (Å²) in [6, 6.07) is -0.0304. The van der Waals surface area contributed by atoms with Gasteiger partial charge in [-0.15, -0.1) is 0 Å². The highest BCUT2D eigenvalue weighted by molar-refractivity contribution is 4.94. The van der Waals surface area contributed by atoms with Crippen LogP contribution in [0.25, 0.3) is 0 Å². The van der Waals surface area contributed by atoms with Crippen molar-refractivity contribution in [2.75, 3.05) is 20.7 Å². The largest absolute Gasteiger partial charge is 0.396 e. The minimum Gasteiger partial charge on any atom is -0.396 e. The summed E-state index contributed by atoms with van der Waals surface area (Å²) in [6.45, 7) is -0.0530. The Labute approximate surface area is 72.4 Å². The van der Waals surface area contributed by atoms with Crippen LogP contribution in [0, 0.1) is 5.92 Å².